The third-order valence-electron chi connectivity index (χ3n) is 4.88. The Bertz CT molecular complexity index is 776. The van der Waals surface area contributed by atoms with Gasteiger partial charge in [-0.1, -0.05) is 26.0 Å². The number of hydrogen-bond donors (Lipinski definition) is 0. The smallest absolute Gasteiger partial charge is 0.244 e. The molecule has 0 spiro atoms. The molecular weight excluding hydrogens is 349 g/mol. The zero-order valence-electron chi connectivity index (χ0n) is 15.6. The number of carbonyl (C=O) groups excluding carboxylic acids is 2. The number of carbonyl (C=O) groups is 2. The molecule has 3 rings (SSSR count). The minimum absolute atomic E-state index is 0.00841. The lowest BCUT2D eigenvalue weighted by Crippen LogP contribution is -2.47. The molecule has 0 saturated carbocycles. The Morgan fingerprint density at radius 3 is 2.67 bits per heavy atom. The van der Waals surface area contributed by atoms with Crippen LogP contribution in [0.25, 0.3) is 0 Å². The third kappa shape index (κ3) is 4.69. The summed E-state index contributed by atoms with van der Waals surface area (Å²) in [5.74, 6) is -0.197. The molecule has 1 aromatic carbocycles. The number of aromatic nitrogens is 3. The van der Waals surface area contributed by atoms with Crippen LogP contribution in [0.1, 0.15) is 25.8 Å². The first-order valence-corrected chi connectivity index (χ1v) is 9.08. The second kappa shape index (κ2) is 8.28. The number of rotatable bonds is 5. The van der Waals surface area contributed by atoms with E-state index in [0.29, 0.717) is 19.6 Å². The van der Waals surface area contributed by atoms with Crippen molar-refractivity contribution in [3.8, 4) is 0 Å². The van der Waals surface area contributed by atoms with Crippen LogP contribution < -0.4 is 0 Å². The van der Waals surface area contributed by atoms with E-state index in [2.05, 4.69) is 10.1 Å². The molecule has 2 heterocycles. The number of amides is 2. The summed E-state index contributed by atoms with van der Waals surface area (Å²) in [5, 5.41) is 3.97. The molecule has 7 nitrogen and oxygen atoms in total. The highest BCUT2D eigenvalue weighted by Gasteiger charge is 2.33. The van der Waals surface area contributed by atoms with Crippen molar-refractivity contribution in [1.29, 1.82) is 0 Å². The van der Waals surface area contributed by atoms with E-state index in [1.54, 1.807) is 17.0 Å². The predicted molar refractivity (Wildman–Crippen MR) is 96.8 cm³/mol. The molecule has 27 heavy (non-hydrogen) atoms. The van der Waals surface area contributed by atoms with Crippen LogP contribution in [0.3, 0.4) is 0 Å². The standard InChI is InChI=1S/C19H24FN5O2/c1-14(2)17-10-23(19(27)11-24-13-21-12-22-24)8-7-18(26)25(17)9-15-3-5-16(20)6-4-15/h3-6,12-14,17H,7-11H2,1-2H3. The van der Waals surface area contributed by atoms with Crippen molar-refractivity contribution >= 4 is 11.8 Å². The molecule has 2 amide bonds. The average molecular weight is 373 g/mol. The zero-order valence-corrected chi connectivity index (χ0v) is 15.6. The van der Waals surface area contributed by atoms with E-state index >= 15 is 0 Å². The highest BCUT2D eigenvalue weighted by Crippen LogP contribution is 2.21. The molecule has 8 heteroatoms. The van der Waals surface area contributed by atoms with Gasteiger partial charge in [0.2, 0.25) is 11.8 Å². The monoisotopic (exact) mass is 373 g/mol. The average Bonchev–Trinajstić information content (AvgIpc) is 3.08. The lowest BCUT2D eigenvalue weighted by Gasteiger charge is -2.34. The third-order valence-corrected chi connectivity index (χ3v) is 4.88. The van der Waals surface area contributed by atoms with Crippen molar-refractivity contribution in [1.82, 2.24) is 24.6 Å². The van der Waals surface area contributed by atoms with Crippen LogP contribution in [0.2, 0.25) is 0 Å². The first kappa shape index (κ1) is 19.0. The fourth-order valence-electron chi connectivity index (χ4n) is 3.32. The quantitative estimate of drug-likeness (QED) is 0.800. The molecule has 1 saturated heterocycles. The normalized spacial score (nSPS) is 18.1. The molecule has 1 aliphatic rings. The Hall–Kier alpha value is -2.77. The number of nitrogens with zero attached hydrogens (tertiary/aromatic N) is 5. The molecule has 2 aromatic rings. The van der Waals surface area contributed by atoms with E-state index in [1.807, 2.05) is 18.7 Å². The molecular formula is C19H24FN5O2. The summed E-state index contributed by atoms with van der Waals surface area (Å²) in [7, 11) is 0. The van der Waals surface area contributed by atoms with Gasteiger partial charge in [0.1, 0.15) is 25.0 Å². The lowest BCUT2D eigenvalue weighted by atomic mass is 10.0. The van der Waals surface area contributed by atoms with Crippen LogP contribution in [-0.4, -0.2) is 55.5 Å². The Kier molecular flexibility index (Phi) is 5.83. The molecule has 1 unspecified atom stereocenters. The molecule has 1 aromatic heterocycles. The summed E-state index contributed by atoms with van der Waals surface area (Å²) in [6, 6.07) is 6.08. The summed E-state index contributed by atoms with van der Waals surface area (Å²) in [6.07, 6.45) is 3.16. The fraction of sp³-hybridized carbons (Fsp3) is 0.474. The van der Waals surface area contributed by atoms with Gasteiger partial charge in [-0.2, -0.15) is 5.10 Å². The highest BCUT2D eigenvalue weighted by molar-refractivity contribution is 5.80. The Morgan fingerprint density at radius 2 is 2.04 bits per heavy atom. The molecule has 0 N–H and O–H groups in total. The maximum absolute atomic E-state index is 13.2. The predicted octanol–water partition coefficient (Wildman–Crippen LogP) is 1.70. The van der Waals surface area contributed by atoms with Crippen LogP contribution in [0, 0.1) is 11.7 Å². The second-order valence-corrected chi connectivity index (χ2v) is 7.14. The summed E-state index contributed by atoms with van der Waals surface area (Å²) in [6.45, 7) is 5.46. The van der Waals surface area contributed by atoms with Gasteiger partial charge in [0.15, 0.2) is 0 Å². The van der Waals surface area contributed by atoms with E-state index in [-0.39, 0.29) is 42.6 Å². The van der Waals surface area contributed by atoms with E-state index in [0.717, 1.165) is 5.56 Å². The molecule has 1 aliphatic heterocycles. The SMILES string of the molecule is CC(C)C1CN(C(=O)Cn2cncn2)CCC(=O)N1Cc1ccc(F)cc1. The van der Waals surface area contributed by atoms with E-state index in [1.165, 1.54) is 29.5 Å². The zero-order chi connectivity index (χ0) is 19.4. The molecule has 144 valence electrons. The first-order valence-electron chi connectivity index (χ1n) is 9.08. The van der Waals surface area contributed by atoms with Gasteiger partial charge in [0.25, 0.3) is 0 Å². The molecule has 0 aliphatic carbocycles. The summed E-state index contributed by atoms with van der Waals surface area (Å²) >= 11 is 0. The Labute approximate surface area is 157 Å². The molecule has 0 radical (unpaired) electrons. The molecule has 1 fully saturated rings. The molecule has 0 bridgehead atoms. The van der Waals surface area contributed by atoms with Crippen LogP contribution in [0.15, 0.2) is 36.9 Å². The number of hydrogen-bond acceptors (Lipinski definition) is 4. The number of benzene rings is 1. The highest BCUT2D eigenvalue weighted by atomic mass is 19.1. The summed E-state index contributed by atoms with van der Waals surface area (Å²) in [4.78, 5) is 32.8. The Balaban J connectivity index is 1.75. The fourth-order valence-corrected chi connectivity index (χ4v) is 3.32. The van der Waals surface area contributed by atoms with Gasteiger partial charge in [0.05, 0.1) is 6.04 Å². The van der Waals surface area contributed by atoms with Gasteiger partial charge in [-0.15, -0.1) is 0 Å². The van der Waals surface area contributed by atoms with Gasteiger partial charge in [0, 0.05) is 26.1 Å². The van der Waals surface area contributed by atoms with Gasteiger partial charge in [-0.25, -0.2) is 14.1 Å². The van der Waals surface area contributed by atoms with Gasteiger partial charge in [-0.05, 0) is 23.6 Å². The van der Waals surface area contributed by atoms with Crippen molar-refractivity contribution < 1.29 is 14.0 Å². The van der Waals surface area contributed by atoms with Gasteiger partial charge in [-0.3, -0.25) is 9.59 Å². The largest absolute Gasteiger partial charge is 0.338 e. The summed E-state index contributed by atoms with van der Waals surface area (Å²) < 4.78 is 14.7. The summed E-state index contributed by atoms with van der Waals surface area (Å²) in [5.41, 5.74) is 0.873. The second-order valence-electron chi connectivity index (χ2n) is 7.14. The van der Waals surface area contributed by atoms with Crippen molar-refractivity contribution in [2.24, 2.45) is 5.92 Å². The van der Waals surface area contributed by atoms with Crippen LogP contribution >= 0.6 is 0 Å². The van der Waals surface area contributed by atoms with Crippen LogP contribution in [0.5, 0.6) is 0 Å². The first-order chi connectivity index (χ1) is 12.9. The van der Waals surface area contributed by atoms with Crippen molar-refractivity contribution in [3.05, 3.63) is 48.3 Å². The van der Waals surface area contributed by atoms with Gasteiger partial charge < -0.3 is 9.80 Å². The topological polar surface area (TPSA) is 71.3 Å². The minimum atomic E-state index is -0.300. The van der Waals surface area contributed by atoms with Crippen molar-refractivity contribution in [3.63, 3.8) is 0 Å². The minimum Gasteiger partial charge on any atom is -0.338 e. The van der Waals surface area contributed by atoms with Crippen molar-refractivity contribution in [2.75, 3.05) is 13.1 Å². The van der Waals surface area contributed by atoms with E-state index < -0.39 is 0 Å². The maximum Gasteiger partial charge on any atom is 0.244 e. The van der Waals surface area contributed by atoms with E-state index in [4.69, 9.17) is 0 Å². The van der Waals surface area contributed by atoms with Crippen LogP contribution in [0.4, 0.5) is 4.39 Å². The van der Waals surface area contributed by atoms with Gasteiger partial charge >= 0.3 is 0 Å². The van der Waals surface area contributed by atoms with E-state index in [9.17, 15) is 14.0 Å². The lowest BCUT2D eigenvalue weighted by molar-refractivity contribution is -0.134. The maximum atomic E-state index is 13.2. The molecule has 1 atom stereocenters. The van der Waals surface area contributed by atoms with Crippen LogP contribution in [-0.2, 0) is 22.7 Å². The number of halogens is 1. The van der Waals surface area contributed by atoms with Crippen molar-refractivity contribution in [2.45, 2.75) is 39.4 Å². The Morgan fingerprint density at radius 1 is 1.30 bits per heavy atom.